The summed E-state index contributed by atoms with van der Waals surface area (Å²) in [7, 11) is 1.55. The van der Waals surface area contributed by atoms with E-state index >= 15 is 0 Å². The van der Waals surface area contributed by atoms with Crippen molar-refractivity contribution in [2.24, 2.45) is 5.92 Å². The zero-order valence-electron chi connectivity index (χ0n) is 16.0. The van der Waals surface area contributed by atoms with Crippen LogP contribution in [0.3, 0.4) is 0 Å². The third-order valence-corrected chi connectivity index (χ3v) is 3.88. The standard InChI is InChI=1S/C20H25N3O4/c1-13(2)12-23(15-10-14(3)7-8-17(15)27-4)18(25)11-22-20(26)19-16(24)6-5-9-21-19/h5-10,13,24H,11-12H2,1-4H3,(H,22,26). The molecule has 0 atom stereocenters. The minimum absolute atomic E-state index is 0.117. The van der Waals surface area contributed by atoms with Crippen molar-refractivity contribution in [3.05, 3.63) is 47.8 Å². The van der Waals surface area contributed by atoms with Gasteiger partial charge in [-0.1, -0.05) is 19.9 Å². The molecule has 2 amide bonds. The molecule has 0 spiro atoms. The summed E-state index contributed by atoms with van der Waals surface area (Å²) in [5, 5.41) is 12.2. The lowest BCUT2D eigenvalue weighted by Crippen LogP contribution is -2.42. The van der Waals surface area contributed by atoms with Gasteiger partial charge in [-0.3, -0.25) is 9.59 Å². The maximum Gasteiger partial charge on any atom is 0.274 e. The monoisotopic (exact) mass is 371 g/mol. The number of amides is 2. The van der Waals surface area contributed by atoms with Crippen molar-refractivity contribution in [1.82, 2.24) is 10.3 Å². The first-order valence-corrected chi connectivity index (χ1v) is 8.70. The van der Waals surface area contributed by atoms with E-state index < -0.39 is 5.91 Å². The number of nitrogens with one attached hydrogen (secondary N) is 1. The minimum Gasteiger partial charge on any atom is -0.505 e. The number of methoxy groups -OCH3 is 1. The van der Waals surface area contributed by atoms with Crippen molar-refractivity contribution in [1.29, 1.82) is 0 Å². The highest BCUT2D eigenvalue weighted by Gasteiger charge is 2.22. The minimum atomic E-state index is -0.609. The summed E-state index contributed by atoms with van der Waals surface area (Å²) >= 11 is 0. The van der Waals surface area contributed by atoms with Crippen LogP contribution in [0.2, 0.25) is 0 Å². The molecule has 0 fully saturated rings. The van der Waals surface area contributed by atoms with Crippen LogP contribution in [0.5, 0.6) is 11.5 Å². The van der Waals surface area contributed by atoms with E-state index in [1.807, 2.05) is 39.0 Å². The van der Waals surface area contributed by atoms with Crippen LogP contribution in [0.1, 0.15) is 29.9 Å². The fourth-order valence-corrected chi connectivity index (χ4v) is 2.62. The van der Waals surface area contributed by atoms with Crippen molar-refractivity contribution in [3.63, 3.8) is 0 Å². The predicted molar refractivity (Wildman–Crippen MR) is 103 cm³/mol. The first kappa shape index (κ1) is 20.2. The van der Waals surface area contributed by atoms with E-state index in [9.17, 15) is 14.7 Å². The van der Waals surface area contributed by atoms with Crippen molar-refractivity contribution in [2.75, 3.05) is 25.1 Å². The summed E-state index contributed by atoms with van der Waals surface area (Å²) in [5.74, 6) is -0.321. The number of aromatic nitrogens is 1. The number of rotatable bonds is 7. The number of hydrogen-bond donors (Lipinski definition) is 2. The van der Waals surface area contributed by atoms with Crippen LogP contribution >= 0.6 is 0 Å². The molecular weight excluding hydrogens is 346 g/mol. The largest absolute Gasteiger partial charge is 0.505 e. The van der Waals surface area contributed by atoms with Gasteiger partial charge in [-0.05, 0) is 42.7 Å². The number of aryl methyl sites for hydroxylation is 1. The first-order valence-electron chi connectivity index (χ1n) is 8.70. The second-order valence-corrected chi connectivity index (χ2v) is 6.63. The van der Waals surface area contributed by atoms with Crippen LogP contribution in [0.15, 0.2) is 36.5 Å². The summed E-state index contributed by atoms with van der Waals surface area (Å²) in [6.07, 6.45) is 1.40. The molecule has 7 heteroatoms. The fourth-order valence-electron chi connectivity index (χ4n) is 2.62. The molecule has 144 valence electrons. The molecule has 27 heavy (non-hydrogen) atoms. The number of carbonyl (C=O) groups excluding carboxylic acids is 2. The number of aromatic hydroxyl groups is 1. The number of carbonyl (C=O) groups is 2. The van der Waals surface area contributed by atoms with Crippen molar-refractivity contribution in [2.45, 2.75) is 20.8 Å². The second-order valence-electron chi connectivity index (χ2n) is 6.63. The summed E-state index contributed by atoms with van der Waals surface area (Å²) in [5.41, 5.74) is 1.54. The van der Waals surface area contributed by atoms with Gasteiger partial charge >= 0.3 is 0 Å². The van der Waals surface area contributed by atoms with Crippen LogP contribution in [-0.4, -0.2) is 42.1 Å². The Morgan fingerprint density at radius 3 is 2.67 bits per heavy atom. The molecule has 1 aromatic heterocycles. The molecule has 7 nitrogen and oxygen atoms in total. The van der Waals surface area contributed by atoms with Crippen molar-refractivity contribution in [3.8, 4) is 11.5 Å². The Balaban J connectivity index is 2.20. The first-order chi connectivity index (χ1) is 12.8. The fraction of sp³-hybridized carbons (Fsp3) is 0.350. The van der Waals surface area contributed by atoms with E-state index in [1.54, 1.807) is 12.0 Å². The lowest BCUT2D eigenvalue weighted by atomic mass is 10.1. The van der Waals surface area contributed by atoms with Gasteiger partial charge < -0.3 is 20.1 Å². The van der Waals surface area contributed by atoms with E-state index in [1.165, 1.54) is 18.3 Å². The van der Waals surface area contributed by atoms with Gasteiger partial charge in [-0.25, -0.2) is 4.98 Å². The van der Waals surface area contributed by atoms with E-state index in [-0.39, 0.29) is 29.8 Å². The zero-order valence-corrected chi connectivity index (χ0v) is 16.0. The summed E-state index contributed by atoms with van der Waals surface area (Å²) in [4.78, 5) is 30.5. The van der Waals surface area contributed by atoms with Crippen LogP contribution in [0.25, 0.3) is 0 Å². The van der Waals surface area contributed by atoms with Gasteiger partial charge in [0.2, 0.25) is 5.91 Å². The van der Waals surface area contributed by atoms with Crippen LogP contribution in [0, 0.1) is 12.8 Å². The smallest absolute Gasteiger partial charge is 0.274 e. The van der Waals surface area contributed by atoms with Gasteiger partial charge in [-0.15, -0.1) is 0 Å². The third-order valence-electron chi connectivity index (χ3n) is 3.88. The molecule has 0 aliphatic rings. The van der Waals surface area contributed by atoms with Gasteiger partial charge in [0, 0.05) is 12.7 Å². The lowest BCUT2D eigenvalue weighted by molar-refractivity contribution is -0.117. The number of nitrogens with zero attached hydrogens (tertiary/aromatic N) is 2. The van der Waals surface area contributed by atoms with Crippen LogP contribution in [0.4, 0.5) is 5.69 Å². The van der Waals surface area contributed by atoms with Crippen molar-refractivity contribution < 1.29 is 19.4 Å². The number of pyridine rings is 1. The quantitative estimate of drug-likeness (QED) is 0.780. The Labute approximate surface area is 159 Å². The Hall–Kier alpha value is -3.09. The van der Waals surface area contributed by atoms with E-state index in [0.29, 0.717) is 18.0 Å². The molecule has 1 heterocycles. The Bertz CT molecular complexity index is 821. The Morgan fingerprint density at radius 2 is 2.04 bits per heavy atom. The highest BCUT2D eigenvalue weighted by molar-refractivity contribution is 6.01. The molecule has 0 bridgehead atoms. The van der Waals surface area contributed by atoms with Crippen molar-refractivity contribution >= 4 is 17.5 Å². The van der Waals surface area contributed by atoms with Gasteiger partial charge in [-0.2, -0.15) is 0 Å². The topological polar surface area (TPSA) is 91.8 Å². The van der Waals surface area contributed by atoms with E-state index in [2.05, 4.69) is 10.3 Å². The molecule has 0 aliphatic heterocycles. The molecular formula is C20H25N3O4. The highest BCUT2D eigenvalue weighted by atomic mass is 16.5. The van der Waals surface area contributed by atoms with Gasteiger partial charge in [0.25, 0.3) is 5.91 Å². The normalized spacial score (nSPS) is 10.6. The highest BCUT2D eigenvalue weighted by Crippen LogP contribution is 2.30. The van der Waals surface area contributed by atoms with Gasteiger partial charge in [0.1, 0.15) is 11.5 Å². The molecule has 2 N–H and O–H groups in total. The molecule has 0 unspecified atom stereocenters. The average molecular weight is 371 g/mol. The molecule has 1 aromatic carbocycles. The van der Waals surface area contributed by atoms with E-state index in [0.717, 1.165) is 5.56 Å². The molecule has 2 rings (SSSR count). The molecule has 0 saturated carbocycles. The number of hydrogen-bond acceptors (Lipinski definition) is 5. The SMILES string of the molecule is COc1ccc(C)cc1N(CC(C)C)C(=O)CNC(=O)c1ncccc1O. The Kier molecular flexibility index (Phi) is 6.76. The zero-order chi connectivity index (χ0) is 20.0. The Morgan fingerprint density at radius 1 is 1.30 bits per heavy atom. The summed E-state index contributed by atoms with van der Waals surface area (Å²) in [6, 6.07) is 8.49. The summed E-state index contributed by atoms with van der Waals surface area (Å²) in [6.45, 7) is 6.20. The molecule has 2 aromatic rings. The van der Waals surface area contributed by atoms with E-state index in [4.69, 9.17) is 4.74 Å². The summed E-state index contributed by atoms with van der Waals surface area (Å²) < 4.78 is 5.40. The van der Waals surface area contributed by atoms with Gasteiger partial charge in [0.05, 0.1) is 19.3 Å². The predicted octanol–water partition coefficient (Wildman–Crippen LogP) is 2.52. The average Bonchev–Trinajstić information content (AvgIpc) is 2.64. The lowest BCUT2D eigenvalue weighted by Gasteiger charge is -2.27. The maximum atomic E-state index is 12.9. The maximum absolute atomic E-state index is 12.9. The number of anilines is 1. The third kappa shape index (κ3) is 5.20. The number of benzene rings is 1. The molecule has 0 radical (unpaired) electrons. The molecule has 0 aliphatic carbocycles. The second kappa shape index (κ2) is 9.02. The molecule has 0 saturated heterocycles. The van der Waals surface area contributed by atoms with Crippen LogP contribution < -0.4 is 15.0 Å². The van der Waals surface area contributed by atoms with Gasteiger partial charge in [0.15, 0.2) is 5.69 Å². The number of ether oxygens (including phenoxy) is 1. The van der Waals surface area contributed by atoms with Crippen LogP contribution in [-0.2, 0) is 4.79 Å².